The molecule has 5 nitrogen and oxygen atoms in total. The van der Waals surface area contributed by atoms with Gasteiger partial charge < -0.3 is 15.1 Å². The van der Waals surface area contributed by atoms with Gasteiger partial charge in [-0.25, -0.2) is 9.18 Å². The molecule has 1 saturated carbocycles. The molecule has 0 radical (unpaired) electrons. The predicted molar refractivity (Wildman–Crippen MR) is 93.7 cm³/mol. The zero-order chi connectivity index (χ0) is 17.6. The first-order valence-corrected chi connectivity index (χ1v) is 9.19. The Morgan fingerprint density at radius 1 is 1.00 bits per heavy atom. The lowest BCUT2D eigenvalue weighted by atomic mass is 10.1. The molecule has 1 saturated heterocycles. The Bertz CT molecular complexity index is 591. The van der Waals surface area contributed by atoms with Crippen molar-refractivity contribution in [3.63, 3.8) is 0 Å². The number of benzene rings is 1. The minimum Gasteiger partial charge on any atom is -0.339 e. The lowest BCUT2D eigenvalue weighted by molar-refractivity contribution is -0.132. The number of carbonyl (C=O) groups excluding carboxylic acids is 2. The highest BCUT2D eigenvalue weighted by molar-refractivity contribution is 5.78. The highest BCUT2D eigenvalue weighted by atomic mass is 19.1. The summed E-state index contributed by atoms with van der Waals surface area (Å²) >= 11 is 0. The number of carbonyl (C=O) groups is 2. The van der Waals surface area contributed by atoms with Crippen molar-refractivity contribution in [1.82, 2.24) is 15.1 Å². The maximum absolute atomic E-state index is 12.9. The van der Waals surface area contributed by atoms with Crippen LogP contribution in [0.3, 0.4) is 0 Å². The smallest absolute Gasteiger partial charge is 0.317 e. The van der Waals surface area contributed by atoms with Gasteiger partial charge >= 0.3 is 6.03 Å². The first-order valence-electron chi connectivity index (χ1n) is 9.19. The summed E-state index contributed by atoms with van der Waals surface area (Å²) in [4.78, 5) is 28.2. The topological polar surface area (TPSA) is 52.7 Å². The Balaban J connectivity index is 1.39. The molecule has 0 aromatic heterocycles. The van der Waals surface area contributed by atoms with E-state index in [4.69, 9.17) is 0 Å². The fourth-order valence-corrected chi connectivity index (χ4v) is 3.56. The Morgan fingerprint density at radius 3 is 2.24 bits per heavy atom. The number of hydrogen-bond donors (Lipinski definition) is 1. The van der Waals surface area contributed by atoms with Gasteiger partial charge in [0.25, 0.3) is 0 Å². The van der Waals surface area contributed by atoms with Crippen molar-refractivity contribution in [2.45, 2.75) is 44.6 Å². The monoisotopic (exact) mass is 347 g/mol. The van der Waals surface area contributed by atoms with E-state index < -0.39 is 0 Å². The van der Waals surface area contributed by atoms with Gasteiger partial charge in [-0.1, -0.05) is 25.0 Å². The summed E-state index contributed by atoms with van der Waals surface area (Å²) in [6.45, 7) is 2.34. The number of amides is 3. The second kappa shape index (κ2) is 8.32. The average Bonchev–Trinajstić information content (AvgIpc) is 3.14. The van der Waals surface area contributed by atoms with E-state index in [9.17, 15) is 14.0 Å². The number of nitrogens with zero attached hydrogens (tertiary/aromatic N) is 2. The molecular weight excluding hydrogens is 321 g/mol. The molecular formula is C19H26FN3O2. The van der Waals surface area contributed by atoms with Crippen molar-refractivity contribution in [3.8, 4) is 0 Å². The van der Waals surface area contributed by atoms with Gasteiger partial charge in [-0.05, 0) is 37.0 Å². The second-order valence-corrected chi connectivity index (χ2v) is 6.93. The maximum atomic E-state index is 12.9. The number of aryl methyl sites for hydroxylation is 1. The standard InChI is InChI=1S/C19H26FN3O2/c20-16-8-5-15(6-9-16)7-10-18(24)22-11-13-23(14-12-22)19(25)21-17-3-1-2-4-17/h5-6,8-9,17H,1-4,7,10-14H2,(H,21,25). The van der Waals surface area contributed by atoms with Crippen LogP contribution in [-0.2, 0) is 11.2 Å². The molecule has 3 amide bonds. The van der Waals surface area contributed by atoms with Gasteiger partial charge in [0.15, 0.2) is 0 Å². The van der Waals surface area contributed by atoms with E-state index in [0.29, 0.717) is 45.1 Å². The molecule has 1 aromatic carbocycles. The molecule has 1 heterocycles. The van der Waals surface area contributed by atoms with Crippen molar-refractivity contribution >= 4 is 11.9 Å². The fraction of sp³-hybridized carbons (Fsp3) is 0.579. The third-order valence-electron chi connectivity index (χ3n) is 5.14. The van der Waals surface area contributed by atoms with E-state index in [-0.39, 0.29) is 17.8 Å². The van der Waals surface area contributed by atoms with E-state index in [1.54, 1.807) is 12.1 Å². The summed E-state index contributed by atoms with van der Waals surface area (Å²) in [5.41, 5.74) is 0.962. The minimum absolute atomic E-state index is 0.00492. The van der Waals surface area contributed by atoms with Crippen LogP contribution in [0.4, 0.5) is 9.18 Å². The van der Waals surface area contributed by atoms with E-state index in [0.717, 1.165) is 18.4 Å². The summed E-state index contributed by atoms with van der Waals surface area (Å²) < 4.78 is 12.9. The molecule has 0 spiro atoms. The van der Waals surface area contributed by atoms with Crippen LogP contribution >= 0.6 is 0 Å². The van der Waals surface area contributed by atoms with Crippen molar-refractivity contribution in [2.24, 2.45) is 0 Å². The molecule has 2 fully saturated rings. The van der Waals surface area contributed by atoms with Crippen LogP contribution in [0.15, 0.2) is 24.3 Å². The quantitative estimate of drug-likeness (QED) is 0.910. The van der Waals surface area contributed by atoms with Crippen molar-refractivity contribution in [3.05, 3.63) is 35.6 Å². The third-order valence-corrected chi connectivity index (χ3v) is 5.14. The molecule has 6 heteroatoms. The first-order chi connectivity index (χ1) is 12.1. The normalized spacial score (nSPS) is 18.4. The number of hydrogen-bond acceptors (Lipinski definition) is 2. The number of rotatable bonds is 4. The molecule has 1 N–H and O–H groups in total. The number of piperazine rings is 1. The van der Waals surface area contributed by atoms with Crippen LogP contribution < -0.4 is 5.32 Å². The highest BCUT2D eigenvalue weighted by Crippen LogP contribution is 2.18. The van der Waals surface area contributed by atoms with Crippen LogP contribution in [0.1, 0.15) is 37.7 Å². The number of nitrogens with one attached hydrogen (secondary N) is 1. The van der Waals surface area contributed by atoms with Gasteiger partial charge in [0.1, 0.15) is 5.82 Å². The largest absolute Gasteiger partial charge is 0.339 e. The molecule has 2 aliphatic rings. The fourth-order valence-electron chi connectivity index (χ4n) is 3.56. The van der Waals surface area contributed by atoms with Gasteiger partial charge in [0.2, 0.25) is 5.91 Å². The summed E-state index contributed by atoms with van der Waals surface area (Å²) in [7, 11) is 0. The van der Waals surface area contributed by atoms with Crippen LogP contribution in [0.25, 0.3) is 0 Å². The number of urea groups is 1. The Morgan fingerprint density at radius 2 is 1.60 bits per heavy atom. The second-order valence-electron chi connectivity index (χ2n) is 6.93. The Labute approximate surface area is 148 Å². The van der Waals surface area contributed by atoms with Crippen LogP contribution in [0.5, 0.6) is 0 Å². The minimum atomic E-state index is -0.262. The third kappa shape index (κ3) is 4.94. The van der Waals surface area contributed by atoms with E-state index >= 15 is 0 Å². The highest BCUT2D eigenvalue weighted by Gasteiger charge is 2.26. The average molecular weight is 347 g/mol. The lowest BCUT2D eigenvalue weighted by Crippen LogP contribution is -2.54. The molecule has 0 bridgehead atoms. The van der Waals surface area contributed by atoms with Gasteiger partial charge in [-0.3, -0.25) is 4.79 Å². The zero-order valence-corrected chi connectivity index (χ0v) is 14.5. The van der Waals surface area contributed by atoms with E-state index in [1.165, 1.54) is 25.0 Å². The summed E-state index contributed by atoms with van der Waals surface area (Å²) in [6, 6.07) is 6.60. The van der Waals surface area contributed by atoms with Crippen LogP contribution in [0.2, 0.25) is 0 Å². The molecule has 1 aliphatic carbocycles. The first kappa shape index (κ1) is 17.7. The van der Waals surface area contributed by atoms with E-state index in [2.05, 4.69) is 5.32 Å². The summed E-state index contributed by atoms with van der Waals surface area (Å²) in [6.07, 6.45) is 5.57. The maximum Gasteiger partial charge on any atom is 0.317 e. The molecule has 0 atom stereocenters. The molecule has 3 rings (SSSR count). The SMILES string of the molecule is O=C(CCc1ccc(F)cc1)N1CCN(C(=O)NC2CCCC2)CC1. The van der Waals surface area contributed by atoms with E-state index in [1.807, 2.05) is 9.80 Å². The molecule has 136 valence electrons. The Kier molecular flexibility index (Phi) is 5.89. The van der Waals surface area contributed by atoms with Crippen LogP contribution in [0, 0.1) is 5.82 Å². The Hall–Kier alpha value is -2.11. The number of halogens is 1. The van der Waals surface area contributed by atoms with Gasteiger partial charge in [-0.15, -0.1) is 0 Å². The van der Waals surface area contributed by atoms with Gasteiger partial charge in [0, 0.05) is 38.6 Å². The predicted octanol–water partition coefficient (Wildman–Crippen LogP) is 2.55. The van der Waals surface area contributed by atoms with Gasteiger partial charge in [0.05, 0.1) is 0 Å². The van der Waals surface area contributed by atoms with Crippen molar-refractivity contribution in [1.29, 1.82) is 0 Å². The van der Waals surface area contributed by atoms with Crippen molar-refractivity contribution < 1.29 is 14.0 Å². The molecule has 1 aliphatic heterocycles. The molecule has 25 heavy (non-hydrogen) atoms. The summed E-state index contributed by atoms with van der Waals surface area (Å²) in [5, 5.41) is 3.10. The zero-order valence-electron chi connectivity index (χ0n) is 14.5. The summed E-state index contributed by atoms with van der Waals surface area (Å²) in [5.74, 6) is -0.165. The molecule has 0 unspecified atom stereocenters. The lowest BCUT2D eigenvalue weighted by Gasteiger charge is -2.35. The molecule has 1 aromatic rings. The van der Waals surface area contributed by atoms with Crippen molar-refractivity contribution in [2.75, 3.05) is 26.2 Å². The van der Waals surface area contributed by atoms with Gasteiger partial charge in [-0.2, -0.15) is 0 Å². The van der Waals surface area contributed by atoms with Crippen LogP contribution in [-0.4, -0.2) is 54.0 Å².